The molecule has 0 saturated heterocycles. The molecule has 0 unspecified atom stereocenters. The van der Waals surface area contributed by atoms with Gasteiger partial charge in [-0.25, -0.2) is 0 Å². The van der Waals surface area contributed by atoms with Crippen molar-refractivity contribution in [1.82, 2.24) is 0 Å². The Balaban J connectivity index is 1.71. The van der Waals surface area contributed by atoms with Gasteiger partial charge in [-0.3, -0.25) is 0 Å². The number of nitrogens with two attached hydrogens (primary N) is 1. The molecule has 0 atom stereocenters. The average molecular weight is 233 g/mol. The lowest BCUT2D eigenvalue weighted by Crippen LogP contribution is -2.52. The minimum absolute atomic E-state index is 0.442. The SMILES string of the molecule is NCC1(C2=CCCCC2)CC2(CCCCC2)C1. The van der Waals surface area contributed by atoms with Crippen molar-refractivity contribution in [3.05, 3.63) is 11.6 Å². The predicted molar refractivity (Wildman–Crippen MR) is 72.8 cm³/mol. The minimum Gasteiger partial charge on any atom is -0.330 e. The molecule has 1 heteroatoms. The fourth-order valence-electron chi connectivity index (χ4n) is 4.86. The molecule has 0 aromatic heterocycles. The summed E-state index contributed by atoms with van der Waals surface area (Å²) in [6.45, 7) is 0.903. The Bertz CT molecular complexity index is 301. The van der Waals surface area contributed by atoms with Gasteiger partial charge in [-0.15, -0.1) is 0 Å². The number of hydrogen-bond acceptors (Lipinski definition) is 1. The molecule has 0 heterocycles. The second-order valence-electron chi connectivity index (χ2n) is 6.87. The zero-order valence-corrected chi connectivity index (χ0v) is 11.1. The highest BCUT2D eigenvalue weighted by Crippen LogP contribution is 2.64. The van der Waals surface area contributed by atoms with E-state index in [-0.39, 0.29) is 0 Å². The van der Waals surface area contributed by atoms with Crippen molar-refractivity contribution < 1.29 is 0 Å². The van der Waals surface area contributed by atoms with Gasteiger partial charge in [-0.1, -0.05) is 30.9 Å². The van der Waals surface area contributed by atoms with Gasteiger partial charge in [-0.05, 0) is 56.8 Å². The first-order chi connectivity index (χ1) is 8.29. The second-order valence-corrected chi connectivity index (χ2v) is 6.87. The van der Waals surface area contributed by atoms with Crippen molar-refractivity contribution in [3.63, 3.8) is 0 Å². The van der Waals surface area contributed by atoms with Gasteiger partial charge in [0.1, 0.15) is 0 Å². The molecule has 0 aromatic rings. The zero-order valence-electron chi connectivity index (χ0n) is 11.1. The maximum atomic E-state index is 6.15. The van der Waals surface area contributed by atoms with Crippen LogP contribution in [0.25, 0.3) is 0 Å². The maximum Gasteiger partial charge on any atom is 0.00450 e. The highest BCUT2D eigenvalue weighted by atomic mass is 14.7. The molecule has 0 aromatic carbocycles. The summed E-state index contributed by atoms with van der Waals surface area (Å²) in [7, 11) is 0. The third-order valence-electron chi connectivity index (χ3n) is 5.70. The van der Waals surface area contributed by atoms with Crippen LogP contribution in [0.2, 0.25) is 0 Å². The predicted octanol–water partition coefficient (Wildman–Crippen LogP) is 4.18. The Morgan fingerprint density at radius 1 is 1.00 bits per heavy atom. The summed E-state index contributed by atoms with van der Waals surface area (Å²) >= 11 is 0. The van der Waals surface area contributed by atoms with E-state index >= 15 is 0 Å². The highest BCUT2D eigenvalue weighted by molar-refractivity contribution is 5.24. The van der Waals surface area contributed by atoms with E-state index in [1.165, 1.54) is 70.6 Å². The molecule has 96 valence electrons. The van der Waals surface area contributed by atoms with Gasteiger partial charge in [0.05, 0.1) is 0 Å². The Morgan fingerprint density at radius 2 is 1.76 bits per heavy atom. The van der Waals surface area contributed by atoms with Crippen molar-refractivity contribution in [3.8, 4) is 0 Å². The third-order valence-corrected chi connectivity index (χ3v) is 5.70. The molecule has 0 amide bonds. The topological polar surface area (TPSA) is 26.0 Å². The van der Waals surface area contributed by atoms with Gasteiger partial charge >= 0.3 is 0 Å². The molecule has 0 bridgehead atoms. The molecule has 2 N–H and O–H groups in total. The van der Waals surface area contributed by atoms with Gasteiger partial charge in [-0.2, -0.15) is 0 Å². The van der Waals surface area contributed by atoms with Crippen LogP contribution < -0.4 is 5.73 Å². The summed E-state index contributed by atoms with van der Waals surface area (Å²) in [6, 6.07) is 0. The first-order valence-corrected chi connectivity index (χ1v) is 7.68. The maximum absolute atomic E-state index is 6.15. The summed E-state index contributed by atoms with van der Waals surface area (Å²) in [5, 5.41) is 0. The van der Waals surface area contributed by atoms with Crippen LogP contribution in [0.1, 0.15) is 70.6 Å². The van der Waals surface area contributed by atoms with E-state index in [0.717, 1.165) is 12.0 Å². The average Bonchev–Trinajstić information content (AvgIpc) is 2.37. The number of rotatable bonds is 2. The van der Waals surface area contributed by atoms with Crippen LogP contribution in [0, 0.1) is 10.8 Å². The van der Waals surface area contributed by atoms with Crippen LogP contribution in [0.3, 0.4) is 0 Å². The Kier molecular flexibility index (Phi) is 3.06. The van der Waals surface area contributed by atoms with Crippen molar-refractivity contribution >= 4 is 0 Å². The summed E-state index contributed by atoms with van der Waals surface area (Å²) in [5.74, 6) is 0. The van der Waals surface area contributed by atoms with Crippen molar-refractivity contribution in [1.29, 1.82) is 0 Å². The monoisotopic (exact) mass is 233 g/mol. The standard InChI is InChI=1S/C16H27N/c17-13-16(14-7-3-1-4-8-14)11-15(12-16)9-5-2-6-10-15/h7H,1-6,8-13,17H2. The molecular weight excluding hydrogens is 206 g/mol. The molecule has 0 radical (unpaired) electrons. The van der Waals surface area contributed by atoms with Crippen LogP contribution in [-0.4, -0.2) is 6.54 Å². The van der Waals surface area contributed by atoms with Crippen LogP contribution in [0.15, 0.2) is 11.6 Å². The van der Waals surface area contributed by atoms with Crippen LogP contribution in [0.4, 0.5) is 0 Å². The molecule has 3 aliphatic rings. The minimum atomic E-state index is 0.442. The lowest BCUT2D eigenvalue weighted by atomic mass is 9.46. The fraction of sp³-hybridized carbons (Fsp3) is 0.875. The lowest BCUT2D eigenvalue weighted by Gasteiger charge is -2.59. The van der Waals surface area contributed by atoms with E-state index in [0.29, 0.717) is 5.41 Å². The largest absolute Gasteiger partial charge is 0.330 e. The van der Waals surface area contributed by atoms with E-state index in [1.54, 1.807) is 5.57 Å². The smallest absolute Gasteiger partial charge is 0.00450 e. The quantitative estimate of drug-likeness (QED) is 0.712. The van der Waals surface area contributed by atoms with E-state index in [2.05, 4.69) is 6.08 Å². The van der Waals surface area contributed by atoms with Gasteiger partial charge in [0, 0.05) is 12.0 Å². The lowest BCUT2D eigenvalue weighted by molar-refractivity contribution is -0.0389. The van der Waals surface area contributed by atoms with Gasteiger partial charge in [0.25, 0.3) is 0 Å². The summed E-state index contributed by atoms with van der Waals surface area (Å²) in [6.07, 6.45) is 18.2. The van der Waals surface area contributed by atoms with E-state index < -0.39 is 0 Å². The highest BCUT2D eigenvalue weighted by Gasteiger charge is 2.54. The van der Waals surface area contributed by atoms with E-state index in [4.69, 9.17) is 5.73 Å². The van der Waals surface area contributed by atoms with Crippen molar-refractivity contribution in [2.75, 3.05) is 6.54 Å². The van der Waals surface area contributed by atoms with Crippen LogP contribution in [-0.2, 0) is 0 Å². The summed E-state index contributed by atoms with van der Waals surface area (Å²) in [5.41, 5.74) is 9.05. The summed E-state index contributed by atoms with van der Waals surface area (Å²) in [4.78, 5) is 0. The summed E-state index contributed by atoms with van der Waals surface area (Å²) < 4.78 is 0. The number of hydrogen-bond donors (Lipinski definition) is 1. The van der Waals surface area contributed by atoms with Crippen molar-refractivity contribution in [2.24, 2.45) is 16.6 Å². The Hall–Kier alpha value is -0.300. The molecule has 2 fully saturated rings. The fourth-order valence-corrected chi connectivity index (χ4v) is 4.86. The first kappa shape index (κ1) is 11.8. The molecule has 1 spiro atoms. The molecule has 3 rings (SSSR count). The van der Waals surface area contributed by atoms with E-state index in [1.807, 2.05) is 0 Å². The first-order valence-electron chi connectivity index (χ1n) is 7.68. The number of allylic oxidation sites excluding steroid dienone is 1. The van der Waals surface area contributed by atoms with Gasteiger partial charge < -0.3 is 5.73 Å². The molecular formula is C16H27N. The molecule has 3 aliphatic carbocycles. The molecule has 2 saturated carbocycles. The van der Waals surface area contributed by atoms with Crippen LogP contribution in [0.5, 0.6) is 0 Å². The molecule has 0 aliphatic heterocycles. The normalized spacial score (nSPS) is 30.8. The molecule has 17 heavy (non-hydrogen) atoms. The van der Waals surface area contributed by atoms with Crippen molar-refractivity contribution in [2.45, 2.75) is 70.6 Å². The van der Waals surface area contributed by atoms with Crippen LogP contribution >= 0.6 is 0 Å². The third kappa shape index (κ3) is 1.97. The van der Waals surface area contributed by atoms with Gasteiger partial charge in [0.2, 0.25) is 0 Å². The molecule has 1 nitrogen and oxygen atoms in total. The second kappa shape index (κ2) is 4.42. The Morgan fingerprint density at radius 3 is 2.35 bits per heavy atom. The van der Waals surface area contributed by atoms with E-state index in [9.17, 15) is 0 Å². The van der Waals surface area contributed by atoms with Gasteiger partial charge in [0.15, 0.2) is 0 Å². The zero-order chi connectivity index (χ0) is 11.8. The Labute approximate surface area is 106 Å².